The Morgan fingerprint density at radius 3 is 2.17 bits per heavy atom. The largest absolute Gasteiger partial charge is 0.496 e. The minimum Gasteiger partial charge on any atom is -0.496 e. The summed E-state index contributed by atoms with van der Waals surface area (Å²) in [5.41, 5.74) is -2.10. The van der Waals surface area contributed by atoms with Crippen molar-refractivity contribution in [2.45, 2.75) is 90.4 Å². The summed E-state index contributed by atoms with van der Waals surface area (Å²) in [5, 5.41) is 21.2. The Hall–Kier alpha value is -3.13. The van der Waals surface area contributed by atoms with E-state index in [1.165, 1.54) is 30.8 Å². The molecule has 2 aliphatic rings. The van der Waals surface area contributed by atoms with Gasteiger partial charge in [0.2, 0.25) is 6.41 Å². The number of allylic oxidation sites excluding steroid dienone is 1. The van der Waals surface area contributed by atoms with Gasteiger partial charge in [-0.15, -0.1) is 0 Å². The fraction of sp³-hybridized carbons (Fsp3) is 0.545. The fourth-order valence-electron chi connectivity index (χ4n) is 6.20. The molecule has 1 heterocycles. The summed E-state index contributed by atoms with van der Waals surface area (Å²) in [7, 11) is 3.05. The standard InChI is InChI=1S/C33H40F6N2O5/c1-18-27(19-12-21(32(34,35)36)14-22(13-19)33(37,38)39)46-29(43)41(18)17-20-16-30(2,3)11-10-24(20)25-15-23(8-9-26(25)45-7)40(6)28(42)31(4,5)44/h8-9,12-15,18,27,29,43-44H,10-11,16-17H2,1-7H3. The van der Waals surface area contributed by atoms with Crippen LogP contribution in [0.1, 0.15) is 82.2 Å². The molecular formula is C33H40F6N2O5. The SMILES string of the molecule is COc1ccc(N(C)C(=O)C(C)(C)O)cc1C1=C(CN2C(O)OC(c3cc(C(F)(F)F)cc(C(F)(F)F)c3)C2C)CC(C)(C)CC1. The Labute approximate surface area is 264 Å². The highest BCUT2D eigenvalue weighted by Crippen LogP contribution is 2.47. The van der Waals surface area contributed by atoms with E-state index in [4.69, 9.17) is 9.47 Å². The molecule has 1 aliphatic heterocycles. The second-order valence-electron chi connectivity index (χ2n) is 13.4. The van der Waals surface area contributed by atoms with E-state index in [2.05, 4.69) is 13.8 Å². The van der Waals surface area contributed by atoms with E-state index in [0.29, 0.717) is 42.0 Å². The highest BCUT2D eigenvalue weighted by Gasteiger charge is 2.44. The van der Waals surface area contributed by atoms with Crippen molar-refractivity contribution >= 4 is 17.2 Å². The van der Waals surface area contributed by atoms with Gasteiger partial charge < -0.3 is 24.6 Å². The Balaban J connectivity index is 1.75. The third-order valence-corrected chi connectivity index (χ3v) is 8.72. The van der Waals surface area contributed by atoms with E-state index in [-0.39, 0.29) is 23.6 Å². The van der Waals surface area contributed by atoms with Gasteiger partial charge in [-0.1, -0.05) is 19.4 Å². The zero-order valence-corrected chi connectivity index (χ0v) is 26.8. The van der Waals surface area contributed by atoms with Gasteiger partial charge >= 0.3 is 12.4 Å². The quantitative estimate of drug-likeness (QED) is 0.307. The molecule has 0 radical (unpaired) electrons. The zero-order chi connectivity index (χ0) is 34.6. The van der Waals surface area contributed by atoms with Gasteiger partial charge in [0.15, 0.2) is 0 Å². The van der Waals surface area contributed by atoms with Crippen molar-refractivity contribution in [2.75, 3.05) is 25.6 Å². The van der Waals surface area contributed by atoms with Gasteiger partial charge in [-0.2, -0.15) is 26.3 Å². The summed E-state index contributed by atoms with van der Waals surface area (Å²) < 4.78 is 92.8. The van der Waals surface area contributed by atoms with Crippen LogP contribution < -0.4 is 9.64 Å². The van der Waals surface area contributed by atoms with E-state index in [9.17, 15) is 41.4 Å². The molecule has 0 spiro atoms. The highest BCUT2D eigenvalue weighted by molar-refractivity contribution is 5.98. The maximum Gasteiger partial charge on any atom is 0.416 e. The normalized spacial score (nSPS) is 22.7. The summed E-state index contributed by atoms with van der Waals surface area (Å²) in [4.78, 5) is 15.7. The van der Waals surface area contributed by atoms with Crippen LogP contribution in [-0.2, 0) is 21.9 Å². The number of hydrogen-bond acceptors (Lipinski definition) is 6. The van der Waals surface area contributed by atoms with Gasteiger partial charge in [-0.05, 0) is 93.0 Å². The lowest BCUT2D eigenvalue weighted by Gasteiger charge is -2.36. The molecule has 0 bridgehead atoms. The van der Waals surface area contributed by atoms with Crippen molar-refractivity contribution in [3.8, 4) is 5.75 Å². The lowest BCUT2D eigenvalue weighted by molar-refractivity contribution is -0.150. The van der Waals surface area contributed by atoms with Gasteiger partial charge in [0.1, 0.15) is 17.5 Å². The third-order valence-electron chi connectivity index (χ3n) is 8.72. The molecular weight excluding hydrogens is 618 g/mol. The van der Waals surface area contributed by atoms with Gasteiger partial charge in [-0.25, -0.2) is 4.90 Å². The number of halogens is 6. The molecule has 13 heteroatoms. The zero-order valence-electron chi connectivity index (χ0n) is 26.8. The molecule has 1 fully saturated rings. The van der Waals surface area contributed by atoms with Crippen LogP contribution in [0.5, 0.6) is 5.75 Å². The van der Waals surface area contributed by atoms with Gasteiger partial charge in [0, 0.05) is 30.9 Å². The molecule has 1 aliphatic carbocycles. The number of hydrogen-bond donors (Lipinski definition) is 2. The molecule has 1 amide bonds. The number of aliphatic hydroxyl groups is 2. The lowest BCUT2D eigenvalue weighted by Crippen LogP contribution is -2.43. The predicted octanol–water partition coefficient (Wildman–Crippen LogP) is 7.17. The number of ether oxygens (including phenoxy) is 2. The van der Waals surface area contributed by atoms with Crippen LogP contribution in [0.25, 0.3) is 5.57 Å². The summed E-state index contributed by atoms with van der Waals surface area (Å²) in [6.45, 7) is 8.63. The number of carbonyl (C=O) groups is 1. The van der Waals surface area contributed by atoms with Crippen LogP contribution in [0.4, 0.5) is 32.0 Å². The second kappa shape index (κ2) is 12.5. The van der Waals surface area contributed by atoms with E-state index >= 15 is 0 Å². The number of amides is 1. The third kappa shape index (κ3) is 7.53. The van der Waals surface area contributed by atoms with Crippen LogP contribution in [0.2, 0.25) is 0 Å². The molecule has 3 atom stereocenters. The Morgan fingerprint density at radius 1 is 1.07 bits per heavy atom. The maximum atomic E-state index is 13.6. The first-order valence-electron chi connectivity index (χ1n) is 14.8. The van der Waals surface area contributed by atoms with Crippen molar-refractivity contribution in [3.05, 3.63) is 64.2 Å². The highest BCUT2D eigenvalue weighted by atomic mass is 19.4. The number of alkyl halides is 6. The maximum absolute atomic E-state index is 13.6. The molecule has 7 nitrogen and oxygen atoms in total. The fourth-order valence-corrected chi connectivity index (χ4v) is 6.20. The number of benzene rings is 2. The minimum absolute atomic E-state index is 0.0621. The number of rotatable bonds is 7. The van der Waals surface area contributed by atoms with Crippen molar-refractivity contribution in [1.29, 1.82) is 0 Å². The molecule has 3 unspecified atom stereocenters. The molecule has 4 rings (SSSR count). The number of aliphatic hydroxyl groups excluding tert-OH is 1. The monoisotopic (exact) mass is 658 g/mol. The molecule has 2 N–H and O–H groups in total. The van der Waals surface area contributed by atoms with Gasteiger partial charge in [0.05, 0.1) is 18.2 Å². The van der Waals surface area contributed by atoms with E-state index in [1.807, 2.05) is 0 Å². The van der Waals surface area contributed by atoms with Crippen LogP contribution >= 0.6 is 0 Å². The minimum atomic E-state index is -5.03. The number of methoxy groups -OCH3 is 1. The van der Waals surface area contributed by atoms with Crippen LogP contribution in [0.15, 0.2) is 42.0 Å². The molecule has 2 aromatic rings. The molecule has 1 saturated heterocycles. The first-order chi connectivity index (χ1) is 21.0. The van der Waals surface area contributed by atoms with Crippen molar-refractivity contribution < 1.29 is 50.8 Å². The molecule has 46 heavy (non-hydrogen) atoms. The Morgan fingerprint density at radius 2 is 1.65 bits per heavy atom. The molecule has 254 valence electrons. The van der Waals surface area contributed by atoms with Gasteiger partial charge in [0.25, 0.3) is 5.91 Å². The van der Waals surface area contributed by atoms with Crippen molar-refractivity contribution in [2.24, 2.45) is 5.41 Å². The first kappa shape index (κ1) is 35.7. The van der Waals surface area contributed by atoms with Crippen LogP contribution in [-0.4, -0.2) is 59.8 Å². The predicted molar refractivity (Wildman–Crippen MR) is 160 cm³/mol. The number of carbonyl (C=O) groups excluding carboxylic acids is 1. The molecule has 0 saturated carbocycles. The summed E-state index contributed by atoms with van der Waals surface area (Å²) in [6.07, 6.45) is -11.0. The summed E-state index contributed by atoms with van der Waals surface area (Å²) in [5.74, 6) is -0.00377. The molecule has 0 aromatic heterocycles. The van der Waals surface area contributed by atoms with Crippen molar-refractivity contribution in [1.82, 2.24) is 4.90 Å². The summed E-state index contributed by atoms with van der Waals surface area (Å²) in [6, 6.07) is 5.69. The number of anilines is 1. The average molecular weight is 659 g/mol. The second-order valence-corrected chi connectivity index (χ2v) is 13.4. The van der Waals surface area contributed by atoms with E-state index in [0.717, 1.165) is 17.6 Å². The lowest BCUT2D eigenvalue weighted by atomic mass is 9.72. The number of nitrogens with zero attached hydrogens (tertiary/aromatic N) is 2. The molecule has 2 aromatic carbocycles. The summed E-state index contributed by atoms with van der Waals surface area (Å²) >= 11 is 0. The van der Waals surface area contributed by atoms with E-state index in [1.54, 1.807) is 32.2 Å². The smallest absolute Gasteiger partial charge is 0.416 e. The van der Waals surface area contributed by atoms with Crippen LogP contribution in [0, 0.1) is 5.41 Å². The van der Waals surface area contributed by atoms with E-state index < -0.39 is 53.5 Å². The van der Waals surface area contributed by atoms with Crippen molar-refractivity contribution in [3.63, 3.8) is 0 Å². The van der Waals surface area contributed by atoms with Gasteiger partial charge in [-0.3, -0.25) is 4.79 Å². The Kier molecular flexibility index (Phi) is 9.69. The first-order valence-corrected chi connectivity index (χ1v) is 14.8. The average Bonchev–Trinajstić information content (AvgIpc) is 3.22. The Bertz CT molecular complexity index is 1460. The van der Waals surface area contributed by atoms with Crippen LogP contribution in [0.3, 0.4) is 0 Å². The topological polar surface area (TPSA) is 82.5 Å². The number of likely N-dealkylation sites (N-methyl/N-ethyl adjacent to an activating group) is 1.